The second kappa shape index (κ2) is 11.4. The van der Waals surface area contributed by atoms with Crippen LogP contribution in [0.25, 0.3) is 4.96 Å². The molecule has 0 atom stereocenters. The van der Waals surface area contributed by atoms with E-state index in [2.05, 4.69) is 15.6 Å². The Bertz CT molecular complexity index is 1550. The Morgan fingerprint density at radius 2 is 1.58 bits per heavy atom. The molecule has 10 heteroatoms. The molecule has 2 N–H and O–H groups in total. The van der Waals surface area contributed by atoms with E-state index in [4.69, 9.17) is 4.74 Å². The van der Waals surface area contributed by atoms with Crippen LogP contribution in [-0.4, -0.2) is 33.3 Å². The van der Waals surface area contributed by atoms with Crippen LogP contribution in [0.2, 0.25) is 0 Å². The minimum atomic E-state index is -0.657. The highest BCUT2D eigenvalue weighted by atomic mass is 32.1. The molecule has 0 radical (unpaired) electrons. The summed E-state index contributed by atoms with van der Waals surface area (Å²) in [6, 6.07) is 14.8. The smallest absolute Gasteiger partial charge is 0.338 e. The molecule has 4 rings (SSSR count). The largest absolute Gasteiger partial charge is 0.459 e. The van der Waals surface area contributed by atoms with Crippen molar-refractivity contribution >= 4 is 45.5 Å². The molecule has 0 aliphatic carbocycles. The second-order valence-electron chi connectivity index (χ2n) is 9.04. The van der Waals surface area contributed by atoms with Gasteiger partial charge in [-0.25, -0.2) is 14.2 Å². The van der Waals surface area contributed by atoms with E-state index in [9.17, 15) is 19.2 Å². The standard InChI is InChI=1S/C28H28N4O5S/c1-5-6-21-15-22(33)32-23(25(34)29-20-13-9-18(10-14-20)27(36)37-16(2)3)24(38-28(32)31-21)26(35)30-19-11-7-17(4)8-12-19/h7-16H,5-6H2,1-4H3,(H,29,34)(H,30,35). The Kier molecular flexibility index (Phi) is 8.02. The number of benzene rings is 2. The van der Waals surface area contributed by atoms with Crippen molar-refractivity contribution in [3.63, 3.8) is 0 Å². The summed E-state index contributed by atoms with van der Waals surface area (Å²) in [6.07, 6.45) is 1.13. The van der Waals surface area contributed by atoms with E-state index < -0.39 is 23.3 Å². The van der Waals surface area contributed by atoms with Crippen molar-refractivity contribution in [2.45, 2.75) is 46.6 Å². The maximum absolute atomic E-state index is 13.5. The van der Waals surface area contributed by atoms with Crippen molar-refractivity contribution in [1.82, 2.24) is 9.38 Å². The summed E-state index contributed by atoms with van der Waals surface area (Å²) < 4.78 is 6.35. The summed E-state index contributed by atoms with van der Waals surface area (Å²) in [6.45, 7) is 7.43. The Balaban J connectivity index is 1.70. The van der Waals surface area contributed by atoms with Crippen LogP contribution >= 0.6 is 11.3 Å². The lowest BCUT2D eigenvalue weighted by atomic mass is 10.2. The molecule has 0 fully saturated rings. The quantitative estimate of drug-likeness (QED) is 0.305. The molecular formula is C28H28N4O5S. The van der Waals surface area contributed by atoms with Crippen molar-refractivity contribution in [2.75, 3.05) is 10.6 Å². The number of carbonyl (C=O) groups excluding carboxylic acids is 3. The number of anilines is 2. The Hall–Kier alpha value is -4.31. The molecule has 0 bridgehead atoms. The zero-order chi connectivity index (χ0) is 27.4. The number of nitrogens with zero attached hydrogens (tertiary/aromatic N) is 2. The van der Waals surface area contributed by atoms with Crippen LogP contribution in [-0.2, 0) is 11.2 Å². The van der Waals surface area contributed by atoms with Crippen molar-refractivity contribution in [3.05, 3.63) is 92.3 Å². The molecule has 4 aromatic rings. The van der Waals surface area contributed by atoms with Crippen LogP contribution in [0.3, 0.4) is 0 Å². The molecular weight excluding hydrogens is 504 g/mol. The second-order valence-corrected chi connectivity index (χ2v) is 10.0. The molecule has 0 saturated carbocycles. The van der Waals surface area contributed by atoms with Gasteiger partial charge in [-0.05, 0) is 63.6 Å². The minimum Gasteiger partial charge on any atom is -0.459 e. The fraction of sp³-hybridized carbons (Fsp3) is 0.250. The summed E-state index contributed by atoms with van der Waals surface area (Å²) in [5.41, 5.74) is 2.34. The van der Waals surface area contributed by atoms with Crippen molar-refractivity contribution in [2.24, 2.45) is 0 Å². The molecule has 9 nitrogen and oxygen atoms in total. The number of ether oxygens (including phenoxy) is 1. The third-order valence-corrected chi connectivity index (χ3v) is 6.57. The lowest BCUT2D eigenvalue weighted by Crippen LogP contribution is -2.25. The van der Waals surface area contributed by atoms with Crippen molar-refractivity contribution in [3.8, 4) is 0 Å². The van der Waals surface area contributed by atoms with Gasteiger partial charge in [0.1, 0.15) is 10.6 Å². The van der Waals surface area contributed by atoms with E-state index in [1.807, 2.05) is 26.0 Å². The van der Waals surface area contributed by atoms with Crippen LogP contribution < -0.4 is 16.2 Å². The summed E-state index contributed by atoms with van der Waals surface area (Å²) in [5, 5.41) is 5.52. The number of fused-ring (bicyclic) bond motifs is 1. The molecule has 2 heterocycles. The number of rotatable bonds is 8. The zero-order valence-electron chi connectivity index (χ0n) is 21.5. The van der Waals surface area contributed by atoms with Gasteiger partial charge in [0.25, 0.3) is 17.4 Å². The molecule has 0 saturated heterocycles. The van der Waals surface area contributed by atoms with Gasteiger partial charge in [0.15, 0.2) is 4.96 Å². The highest BCUT2D eigenvalue weighted by Gasteiger charge is 2.26. The first-order valence-corrected chi connectivity index (χ1v) is 13.0. The highest BCUT2D eigenvalue weighted by Crippen LogP contribution is 2.24. The lowest BCUT2D eigenvalue weighted by molar-refractivity contribution is 0.0377. The third-order valence-electron chi connectivity index (χ3n) is 5.53. The van der Waals surface area contributed by atoms with Gasteiger partial charge in [0.05, 0.1) is 11.7 Å². The molecule has 0 unspecified atom stereocenters. The van der Waals surface area contributed by atoms with E-state index in [0.717, 1.165) is 27.7 Å². The van der Waals surface area contributed by atoms with E-state index in [-0.39, 0.29) is 21.6 Å². The van der Waals surface area contributed by atoms with Gasteiger partial charge in [-0.2, -0.15) is 0 Å². The summed E-state index contributed by atoms with van der Waals surface area (Å²) in [4.78, 5) is 56.8. The Morgan fingerprint density at radius 1 is 0.974 bits per heavy atom. The first kappa shape index (κ1) is 26.7. The number of nitrogens with one attached hydrogen (secondary N) is 2. The normalized spacial score (nSPS) is 11.0. The summed E-state index contributed by atoms with van der Waals surface area (Å²) >= 11 is 0.977. The zero-order valence-corrected chi connectivity index (χ0v) is 22.3. The molecule has 2 aromatic heterocycles. The maximum atomic E-state index is 13.5. The van der Waals surface area contributed by atoms with E-state index >= 15 is 0 Å². The van der Waals surface area contributed by atoms with Crippen LogP contribution in [0, 0.1) is 6.92 Å². The Morgan fingerprint density at radius 3 is 2.18 bits per heavy atom. The highest BCUT2D eigenvalue weighted by molar-refractivity contribution is 7.19. The Labute approximate surface area is 223 Å². The average Bonchev–Trinajstić information content (AvgIpc) is 3.26. The van der Waals surface area contributed by atoms with E-state index in [1.165, 1.54) is 18.2 Å². The predicted octanol–water partition coefficient (Wildman–Crippen LogP) is 5.09. The number of aryl methyl sites for hydroxylation is 2. The fourth-order valence-corrected chi connectivity index (χ4v) is 4.79. The molecule has 38 heavy (non-hydrogen) atoms. The van der Waals surface area contributed by atoms with Gasteiger partial charge in [0, 0.05) is 23.1 Å². The van der Waals surface area contributed by atoms with Crippen molar-refractivity contribution < 1.29 is 19.1 Å². The SMILES string of the molecule is CCCc1cc(=O)n2c(C(=O)Nc3ccc(C(=O)OC(C)C)cc3)c(C(=O)Nc3ccc(C)cc3)sc2n1. The summed E-state index contributed by atoms with van der Waals surface area (Å²) in [7, 11) is 0. The van der Waals surface area contributed by atoms with Crippen LogP contribution in [0.4, 0.5) is 11.4 Å². The number of esters is 1. The first-order valence-electron chi connectivity index (χ1n) is 12.2. The van der Waals surface area contributed by atoms with Crippen molar-refractivity contribution in [1.29, 1.82) is 0 Å². The monoisotopic (exact) mass is 532 g/mol. The number of aromatic nitrogens is 2. The van der Waals surface area contributed by atoms with Gasteiger partial charge in [-0.1, -0.05) is 42.4 Å². The number of thiazole rings is 1. The molecule has 0 aliphatic rings. The fourth-order valence-electron chi connectivity index (χ4n) is 3.75. The maximum Gasteiger partial charge on any atom is 0.338 e. The van der Waals surface area contributed by atoms with E-state index in [0.29, 0.717) is 29.1 Å². The molecule has 0 spiro atoms. The predicted molar refractivity (Wildman–Crippen MR) is 147 cm³/mol. The van der Waals surface area contributed by atoms with Crippen LogP contribution in [0.5, 0.6) is 0 Å². The average molecular weight is 533 g/mol. The summed E-state index contributed by atoms with van der Waals surface area (Å²) in [5.74, 6) is -1.66. The number of hydrogen-bond acceptors (Lipinski definition) is 7. The van der Waals surface area contributed by atoms with Crippen LogP contribution in [0.15, 0.2) is 59.4 Å². The molecule has 0 aliphatic heterocycles. The minimum absolute atomic E-state index is 0.0541. The number of hydrogen-bond donors (Lipinski definition) is 2. The lowest BCUT2D eigenvalue weighted by Gasteiger charge is -2.10. The topological polar surface area (TPSA) is 119 Å². The molecule has 2 aromatic carbocycles. The first-order chi connectivity index (χ1) is 18.2. The van der Waals surface area contributed by atoms with Gasteiger partial charge >= 0.3 is 5.97 Å². The molecule has 196 valence electrons. The van der Waals surface area contributed by atoms with E-state index in [1.54, 1.807) is 38.1 Å². The van der Waals surface area contributed by atoms with Crippen LogP contribution in [0.1, 0.15) is 69.0 Å². The van der Waals surface area contributed by atoms with Gasteiger partial charge in [-0.15, -0.1) is 0 Å². The van der Waals surface area contributed by atoms with Gasteiger partial charge < -0.3 is 15.4 Å². The van der Waals surface area contributed by atoms with Gasteiger partial charge in [0.2, 0.25) is 0 Å². The third kappa shape index (κ3) is 5.97. The van der Waals surface area contributed by atoms with Gasteiger partial charge in [-0.3, -0.25) is 14.4 Å². The molecule has 2 amide bonds. The number of carbonyl (C=O) groups is 3. The number of amides is 2.